The molecule has 0 aromatic carbocycles. The van der Waals surface area contributed by atoms with Crippen LogP contribution >= 0.6 is 0 Å². The van der Waals surface area contributed by atoms with E-state index in [-0.39, 0.29) is 0 Å². The van der Waals surface area contributed by atoms with E-state index < -0.39 is 0 Å². The molecule has 2 aliphatic rings. The summed E-state index contributed by atoms with van der Waals surface area (Å²) in [7, 11) is 0. The minimum Gasteiger partial charge on any atom is -0.326 e. The predicted molar refractivity (Wildman–Crippen MR) is 59.3 cm³/mol. The maximum absolute atomic E-state index is 6.12. The van der Waals surface area contributed by atoms with E-state index in [1.807, 2.05) is 0 Å². The van der Waals surface area contributed by atoms with Crippen LogP contribution in [-0.4, -0.2) is 31.2 Å². The van der Waals surface area contributed by atoms with Crippen LogP contribution in [0.5, 0.6) is 0 Å². The highest BCUT2D eigenvalue weighted by Crippen LogP contribution is 2.18. The number of nitrogens with one attached hydrogen (secondary N) is 2. The van der Waals surface area contributed by atoms with Crippen molar-refractivity contribution >= 4 is 0 Å². The molecule has 3 nitrogen and oxygen atoms in total. The highest BCUT2D eigenvalue weighted by Gasteiger charge is 2.24. The summed E-state index contributed by atoms with van der Waals surface area (Å²) in [4.78, 5) is 0. The molecule has 0 aromatic heterocycles. The van der Waals surface area contributed by atoms with Crippen molar-refractivity contribution in [1.29, 1.82) is 0 Å². The van der Waals surface area contributed by atoms with Crippen LogP contribution in [-0.2, 0) is 0 Å². The third kappa shape index (κ3) is 2.69. The normalized spacial score (nSPS) is 35.8. The SMILES string of the molecule is N[C@H]1CCCC[C@@H]1NC1CCNCC1. The first-order valence-corrected chi connectivity index (χ1v) is 6.08. The standard InChI is InChI=1S/C11H23N3/c12-10-3-1-2-4-11(10)14-9-5-7-13-8-6-9/h9-11,13-14H,1-8,12H2/t10-,11-/m0/s1. The van der Waals surface area contributed by atoms with E-state index in [0.717, 1.165) is 0 Å². The van der Waals surface area contributed by atoms with Gasteiger partial charge in [0.2, 0.25) is 0 Å². The van der Waals surface area contributed by atoms with Gasteiger partial charge in [0.15, 0.2) is 0 Å². The molecule has 0 aromatic rings. The van der Waals surface area contributed by atoms with Crippen molar-refractivity contribution in [3.8, 4) is 0 Å². The van der Waals surface area contributed by atoms with Crippen LogP contribution in [0.25, 0.3) is 0 Å². The van der Waals surface area contributed by atoms with Crippen molar-refractivity contribution in [2.75, 3.05) is 13.1 Å². The monoisotopic (exact) mass is 197 g/mol. The molecule has 2 atom stereocenters. The van der Waals surface area contributed by atoms with Crippen molar-refractivity contribution in [2.24, 2.45) is 5.73 Å². The van der Waals surface area contributed by atoms with E-state index in [1.165, 1.54) is 51.6 Å². The average Bonchev–Trinajstić information content (AvgIpc) is 2.23. The largest absolute Gasteiger partial charge is 0.326 e. The highest BCUT2D eigenvalue weighted by atomic mass is 15.0. The van der Waals surface area contributed by atoms with Gasteiger partial charge < -0.3 is 16.4 Å². The third-order valence-electron chi connectivity index (χ3n) is 3.61. The smallest absolute Gasteiger partial charge is 0.0221 e. The maximum Gasteiger partial charge on any atom is 0.0221 e. The van der Waals surface area contributed by atoms with Gasteiger partial charge in [-0.2, -0.15) is 0 Å². The minimum atomic E-state index is 0.402. The van der Waals surface area contributed by atoms with Crippen molar-refractivity contribution < 1.29 is 0 Å². The topological polar surface area (TPSA) is 50.1 Å². The fourth-order valence-electron chi connectivity index (χ4n) is 2.66. The number of rotatable bonds is 2. The molecule has 1 aliphatic carbocycles. The zero-order chi connectivity index (χ0) is 9.80. The lowest BCUT2D eigenvalue weighted by Gasteiger charge is -2.34. The summed E-state index contributed by atoms with van der Waals surface area (Å²) >= 11 is 0. The van der Waals surface area contributed by atoms with Gasteiger partial charge in [0, 0.05) is 18.1 Å². The van der Waals surface area contributed by atoms with Gasteiger partial charge in [0.05, 0.1) is 0 Å². The van der Waals surface area contributed by atoms with Gasteiger partial charge in [-0.15, -0.1) is 0 Å². The zero-order valence-corrected chi connectivity index (χ0v) is 8.97. The second kappa shape index (κ2) is 5.10. The molecule has 2 fully saturated rings. The summed E-state index contributed by atoms with van der Waals surface area (Å²) < 4.78 is 0. The highest BCUT2D eigenvalue weighted by molar-refractivity contribution is 4.87. The Hall–Kier alpha value is -0.120. The van der Waals surface area contributed by atoms with Gasteiger partial charge in [0.1, 0.15) is 0 Å². The van der Waals surface area contributed by atoms with Crippen molar-refractivity contribution in [3.63, 3.8) is 0 Å². The lowest BCUT2D eigenvalue weighted by molar-refractivity contribution is 0.272. The fraction of sp³-hybridized carbons (Fsp3) is 1.00. The molecular weight excluding hydrogens is 174 g/mol. The van der Waals surface area contributed by atoms with Crippen LogP contribution in [0.3, 0.4) is 0 Å². The van der Waals surface area contributed by atoms with E-state index in [2.05, 4.69) is 10.6 Å². The summed E-state index contributed by atoms with van der Waals surface area (Å²) in [5.74, 6) is 0. The Balaban J connectivity index is 1.76. The quantitative estimate of drug-likeness (QED) is 0.607. The first-order chi connectivity index (χ1) is 6.86. The zero-order valence-electron chi connectivity index (χ0n) is 8.97. The third-order valence-corrected chi connectivity index (χ3v) is 3.61. The summed E-state index contributed by atoms with van der Waals surface area (Å²) in [6.07, 6.45) is 7.71. The van der Waals surface area contributed by atoms with Crippen molar-refractivity contribution in [2.45, 2.75) is 56.7 Å². The molecule has 0 unspecified atom stereocenters. The Labute approximate surface area is 86.8 Å². The molecule has 1 heterocycles. The molecule has 1 saturated heterocycles. The maximum atomic E-state index is 6.12. The van der Waals surface area contributed by atoms with Gasteiger partial charge in [-0.1, -0.05) is 12.8 Å². The number of nitrogens with two attached hydrogens (primary N) is 1. The molecule has 0 bridgehead atoms. The molecule has 82 valence electrons. The van der Waals surface area contributed by atoms with Gasteiger partial charge >= 0.3 is 0 Å². The molecule has 1 aliphatic heterocycles. The summed E-state index contributed by atoms with van der Waals surface area (Å²) in [6.45, 7) is 2.33. The summed E-state index contributed by atoms with van der Waals surface area (Å²) in [6, 6.07) is 1.70. The second-order valence-electron chi connectivity index (χ2n) is 4.75. The Kier molecular flexibility index (Phi) is 3.79. The van der Waals surface area contributed by atoms with Crippen LogP contribution in [0.4, 0.5) is 0 Å². The summed E-state index contributed by atoms with van der Waals surface area (Å²) in [5, 5.41) is 7.13. The first-order valence-electron chi connectivity index (χ1n) is 6.08. The Morgan fingerprint density at radius 3 is 2.43 bits per heavy atom. The van der Waals surface area contributed by atoms with Crippen LogP contribution in [0.15, 0.2) is 0 Å². The Morgan fingerprint density at radius 2 is 1.71 bits per heavy atom. The van der Waals surface area contributed by atoms with Crippen molar-refractivity contribution in [1.82, 2.24) is 10.6 Å². The lowest BCUT2D eigenvalue weighted by Crippen LogP contribution is -2.53. The average molecular weight is 197 g/mol. The molecule has 14 heavy (non-hydrogen) atoms. The number of piperidine rings is 1. The van der Waals surface area contributed by atoms with Gasteiger partial charge in [-0.05, 0) is 38.8 Å². The van der Waals surface area contributed by atoms with Crippen LogP contribution in [0.1, 0.15) is 38.5 Å². The molecule has 0 radical (unpaired) electrons. The molecule has 0 spiro atoms. The minimum absolute atomic E-state index is 0.402. The van der Waals surface area contributed by atoms with Crippen LogP contribution in [0, 0.1) is 0 Å². The van der Waals surface area contributed by atoms with Gasteiger partial charge in [0.25, 0.3) is 0 Å². The predicted octanol–water partition coefficient (Wildman–Crippen LogP) is 0.598. The molecule has 1 saturated carbocycles. The Bertz CT molecular complexity index is 166. The van der Waals surface area contributed by atoms with E-state index in [1.54, 1.807) is 0 Å². The van der Waals surface area contributed by atoms with Crippen LogP contribution in [0.2, 0.25) is 0 Å². The molecule has 3 heteroatoms. The number of hydrogen-bond donors (Lipinski definition) is 3. The number of hydrogen-bond acceptors (Lipinski definition) is 3. The van der Waals surface area contributed by atoms with Gasteiger partial charge in [-0.3, -0.25) is 0 Å². The van der Waals surface area contributed by atoms with Gasteiger partial charge in [-0.25, -0.2) is 0 Å². The Morgan fingerprint density at radius 1 is 1.00 bits per heavy atom. The van der Waals surface area contributed by atoms with E-state index >= 15 is 0 Å². The van der Waals surface area contributed by atoms with Crippen molar-refractivity contribution in [3.05, 3.63) is 0 Å². The molecule has 2 rings (SSSR count). The van der Waals surface area contributed by atoms with Crippen LogP contribution < -0.4 is 16.4 Å². The fourth-order valence-corrected chi connectivity index (χ4v) is 2.66. The van der Waals surface area contributed by atoms with E-state index in [0.29, 0.717) is 18.1 Å². The molecule has 0 amide bonds. The molecule has 4 N–H and O–H groups in total. The second-order valence-corrected chi connectivity index (χ2v) is 4.75. The van der Waals surface area contributed by atoms with E-state index in [9.17, 15) is 0 Å². The first kappa shape index (κ1) is 10.4. The summed E-state index contributed by atoms with van der Waals surface area (Å²) in [5.41, 5.74) is 6.12. The molecular formula is C11H23N3. The lowest BCUT2D eigenvalue weighted by atomic mass is 9.90. The van der Waals surface area contributed by atoms with E-state index in [4.69, 9.17) is 5.73 Å².